The quantitative estimate of drug-likeness (QED) is 0.822. The molecule has 1 aliphatic carbocycles. The first-order valence-corrected chi connectivity index (χ1v) is 7.88. The zero-order valence-electron chi connectivity index (χ0n) is 13.3. The predicted molar refractivity (Wildman–Crippen MR) is 87.6 cm³/mol. The monoisotopic (exact) mass is 303 g/mol. The number of carbonyl (C=O) groups excluding carboxylic acids is 1. The Morgan fingerprint density at radius 3 is 2.82 bits per heavy atom. The Hall–Kier alpha value is -1.81. The van der Waals surface area contributed by atoms with Gasteiger partial charge in [0.1, 0.15) is 5.75 Å². The molecule has 0 aliphatic heterocycles. The van der Waals surface area contributed by atoms with Gasteiger partial charge < -0.3 is 15.2 Å². The molecular formula is C18H25NO3. The highest BCUT2D eigenvalue weighted by Gasteiger charge is 2.25. The maximum atomic E-state index is 12.2. The van der Waals surface area contributed by atoms with Gasteiger partial charge in [-0.15, -0.1) is 0 Å². The SMILES string of the molecule is COc1ccccc1/C(C)=C/C(=O)NC1CCCCC1CO. The number of hydrogen-bond acceptors (Lipinski definition) is 3. The number of rotatable bonds is 5. The third kappa shape index (κ3) is 4.10. The highest BCUT2D eigenvalue weighted by atomic mass is 16.5. The second-order valence-corrected chi connectivity index (χ2v) is 5.87. The van der Waals surface area contributed by atoms with Crippen LogP contribution in [0.5, 0.6) is 5.75 Å². The van der Waals surface area contributed by atoms with Crippen molar-refractivity contribution in [3.63, 3.8) is 0 Å². The lowest BCUT2D eigenvalue weighted by Gasteiger charge is -2.30. The number of nitrogens with one attached hydrogen (secondary N) is 1. The molecule has 22 heavy (non-hydrogen) atoms. The van der Waals surface area contributed by atoms with Crippen molar-refractivity contribution in [1.82, 2.24) is 5.32 Å². The van der Waals surface area contributed by atoms with Gasteiger partial charge in [-0.2, -0.15) is 0 Å². The summed E-state index contributed by atoms with van der Waals surface area (Å²) < 4.78 is 5.33. The average molecular weight is 303 g/mol. The highest BCUT2D eigenvalue weighted by Crippen LogP contribution is 2.26. The fourth-order valence-corrected chi connectivity index (χ4v) is 3.09. The molecule has 1 fully saturated rings. The van der Waals surface area contributed by atoms with Crippen molar-refractivity contribution >= 4 is 11.5 Å². The van der Waals surface area contributed by atoms with Crippen LogP contribution in [-0.2, 0) is 4.79 Å². The molecule has 1 amide bonds. The third-order valence-electron chi connectivity index (χ3n) is 4.35. The van der Waals surface area contributed by atoms with Gasteiger partial charge in [0.25, 0.3) is 0 Å². The minimum atomic E-state index is -0.103. The molecule has 0 aromatic heterocycles. The summed E-state index contributed by atoms with van der Waals surface area (Å²) in [7, 11) is 1.63. The van der Waals surface area contributed by atoms with Gasteiger partial charge in [0.15, 0.2) is 0 Å². The number of benzene rings is 1. The van der Waals surface area contributed by atoms with E-state index < -0.39 is 0 Å². The van der Waals surface area contributed by atoms with Gasteiger partial charge in [-0.1, -0.05) is 31.0 Å². The van der Waals surface area contributed by atoms with Crippen LogP contribution in [0, 0.1) is 5.92 Å². The summed E-state index contributed by atoms with van der Waals surface area (Å²) in [6.07, 6.45) is 5.78. The Morgan fingerprint density at radius 2 is 2.09 bits per heavy atom. The van der Waals surface area contributed by atoms with E-state index in [9.17, 15) is 9.90 Å². The summed E-state index contributed by atoms with van der Waals surface area (Å²) >= 11 is 0. The van der Waals surface area contributed by atoms with E-state index in [4.69, 9.17) is 4.74 Å². The zero-order valence-corrected chi connectivity index (χ0v) is 13.3. The first-order chi connectivity index (χ1) is 10.7. The molecule has 1 saturated carbocycles. The number of allylic oxidation sites excluding steroid dienone is 1. The fourth-order valence-electron chi connectivity index (χ4n) is 3.09. The molecule has 0 heterocycles. The van der Waals surface area contributed by atoms with E-state index in [2.05, 4.69) is 5.32 Å². The minimum Gasteiger partial charge on any atom is -0.496 e. The summed E-state index contributed by atoms with van der Waals surface area (Å²) in [5.74, 6) is 0.835. The summed E-state index contributed by atoms with van der Waals surface area (Å²) in [4.78, 5) is 12.2. The van der Waals surface area contributed by atoms with Crippen LogP contribution in [0.4, 0.5) is 0 Å². The molecular weight excluding hydrogens is 278 g/mol. The molecule has 0 spiro atoms. The van der Waals surface area contributed by atoms with Gasteiger partial charge in [0, 0.05) is 30.2 Å². The van der Waals surface area contributed by atoms with Gasteiger partial charge in [0.05, 0.1) is 7.11 Å². The molecule has 1 aliphatic rings. The fraction of sp³-hybridized carbons (Fsp3) is 0.500. The summed E-state index contributed by atoms with van der Waals surface area (Å²) in [6, 6.07) is 7.73. The van der Waals surface area contributed by atoms with E-state index in [0.29, 0.717) is 0 Å². The van der Waals surface area contributed by atoms with E-state index >= 15 is 0 Å². The number of methoxy groups -OCH3 is 1. The van der Waals surface area contributed by atoms with Crippen molar-refractivity contribution in [3.05, 3.63) is 35.9 Å². The van der Waals surface area contributed by atoms with Crippen LogP contribution in [0.1, 0.15) is 38.2 Å². The summed E-state index contributed by atoms with van der Waals surface area (Å²) in [5, 5.41) is 12.5. The van der Waals surface area contributed by atoms with Gasteiger partial charge in [-0.3, -0.25) is 4.79 Å². The van der Waals surface area contributed by atoms with Crippen molar-refractivity contribution in [3.8, 4) is 5.75 Å². The summed E-state index contributed by atoms with van der Waals surface area (Å²) in [6.45, 7) is 2.04. The van der Waals surface area contributed by atoms with Crippen molar-refractivity contribution in [1.29, 1.82) is 0 Å². The lowest BCUT2D eigenvalue weighted by molar-refractivity contribution is -0.117. The normalized spacial score (nSPS) is 22.2. The van der Waals surface area contributed by atoms with Crippen molar-refractivity contribution in [2.75, 3.05) is 13.7 Å². The molecule has 120 valence electrons. The summed E-state index contributed by atoms with van der Waals surface area (Å²) in [5.41, 5.74) is 1.79. The maximum Gasteiger partial charge on any atom is 0.244 e. The molecule has 4 nitrogen and oxygen atoms in total. The van der Waals surface area contributed by atoms with Crippen LogP contribution in [0.3, 0.4) is 0 Å². The molecule has 0 radical (unpaired) electrons. The maximum absolute atomic E-state index is 12.2. The number of aliphatic hydroxyl groups excluding tert-OH is 1. The van der Waals surface area contributed by atoms with Gasteiger partial charge in [-0.25, -0.2) is 0 Å². The van der Waals surface area contributed by atoms with Gasteiger partial charge in [0.2, 0.25) is 5.91 Å². The standard InChI is InChI=1S/C18H25NO3/c1-13(15-8-4-6-10-17(15)22-2)11-18(21)19-16-9-5-3-7-14(16)12-20/h4,6,8,10-11,14,16,20H,3,5,7,9,12H2,1-2H3,(H,19,21)/b13-11+. The first kappa shape index (κ1) is 16.6. The van der Waals surface area contributed by atoms with Crippen LogP contribution in [0.15, 0.2) is 30.3 Å². The third-order valence-corrected chi connectivity index (χ3v) is 4.35. The van der Waals surface area contributed by atoms with Crippen molar-refractivity contribution < 1.29 is 14.6 Å². The minimum absolute atomic E-state index is 0.0768. The molecule has 2 N–H and O–H groups in total. The molecule has 2 atom stereocenters. The van der Waals surface area contributed by atoms with Crippen LogP contribution in [-0.4, -0.2) is 30.8 Å². The smallest absolute Gasteiger partial charge is 0.244 e. The van der Waals surface area contributed by atoms with Gasteiger partial charge >= 0.3 is 0 Å². The second-order valence-electron chi connectivity index (χ2n) is 5.87. The largest absolute Gasteiger partial charge is 0.496 e. The Balaban J connectivity index is 2.06. The number of amides is 1. The van der Waals surface area contributed by atoms with Crippen LogP contribution < -0.4 is 10.1 Å². The Kier molecular flexibility index (Phi) is 6.01. The zero-order chi connectivity index (χ0) is 15.9. The molecule has 2 unspecified atom stereocenters. The number of ether oxygens (including phenoxy) is 1. The van der Waals surface area contributed by atoms with Crippen molar-refractivity contribution in [2.24, 2.45) is 5.92 Å². The molecule has 0 bridgehead atoms. The molecule has 1 aromatic rings. The predicted octanol–water partition coefficient (Wildman–Crippen LogP) is 2.77. The molecule has 2 rings (SSSR count). The van der Waals surface area contributed by atoms with Crippen LogP contribution in [0.2, 0.25) is 0 Å². The second kappa shape index (κ2) is 7.99. The van der Waals surface area contributed by atoms with E-state index in [1.807, 2.05) is 31.2 Å². The number of aliphatic hydroxyl groups is 1. The highest BCUT2D eigenvalue weighted by molar-refractivity contribution is 5.95. The lowest BCUT2D eigenvalue weighted by atomic mass is 9.85. The van der Waals surface area contributed by atoms with Gasteiger partial charge in [-0.05, 0) is 31.4 Å². The van der Waals surface area contributed by atoms with E-state index in [-0.39, 0.29) is 24.5 Å². The lowest BCUT2D eigenvalue weighted by Crippen LogP contribution is -2.42. The molecule has 1 aromatic carbocycles. The van der Waals surface area contributed by atoms with E-state index in [0.717, 1.165) is 42.6 Å². The first-order valence-electron chi connectivity index (χ1n) is 7.88. The Labute approximate surface area is 132 Å². The number of carbonyl (C=O) groups is 1. The average Bonchev–Trinajstić information content (AvgIpc) is 2.55. The molecule has 4 heteroatoms. The van der Waals surface area contributed by atoms with E-state index in [1.54, 1.807) is 13.2 Å². The Bertz CT molecular complexity index is 539. The topological polar surface area (TPSA) is 58.6 Å². The number of para-hydroxylation sites is 1. The molecule has 0 saturated heterocycles. The van der Waals surface area contributed by atoms with Crippen molar-refractivity contribution in [2.45, 2.75) is 38.6 Å². The Morgan fingerprint density at radius 1 is 1.36 bits per heavy atom. The van der Waals surface area contributed by atoms with Crippen LogP contribution >= 0.6 is 0 Å². The number of hydrogen-bond donors (Lipinski definition) is 2. The van der Waals surface area contributed by atoms with E-state index in [1.165, 1.54) is 0 Å². The van der Waals surface area contributed by atoms with Crippen LogP contribution in [0.25, 0.3) is 5.57 Å².